The number of ether oxygens (including phenoxy) is 1. The number of halogens is 1. The van der Waals surface area contributed by atoms with E-state index in [0.717, 1.165) is 19.0 Å². The number of pyridine rings is 1. The second kappa shape index (κ2) is 22.4. The summed E-state index contributed by atoms with van der Waals surface area (Å²) in [4.78, 5) is 22.6. The average Bonchev–Trinajstić information content (AvgIpc) is 2.86. The van der Waals surface area contributed by atoms with Gasteiger partial charge < -0.3 is 9.64 Å². The molecular formula is C26H44FN4O2P. The Balaban J connectivity index is 0. The van der Waals surface area contributed by atoms with Crippen molar-refractivity contribution in [3.63, 3.8) is 0 Å². The summed E-state index contributed by atoms with van der Waals surface area (Å²) in [5, 5.41) is 0. The molecule has 0 bridgehead atoms. The summed E-state index contributed by atoms with van der Waals surface area (Å²) < 4.78 is 20.9. The van der Waals surface area contributed by atoms with Crippen molar-refractivity contribution in [2.24, 2.45) is 7.05 Å². The first-order valence-corrected chi connectivity index (χ1v) is 12.6. The highest BCUT2D eigenvalue weighted by Crippen LogP contribution is 2.21. The normalized spacial score (nSPS) is 9.68. The molecule has 34 heavy (non-hydrogen) atoms. The van der Waals surface area contributed by atoms with Crippen molar-refractivity contribution < 1.29 is 9.13 Å². The molecule has 0 fully saturated rings. The Morgan fingerprint density at radius 1 is 1.24 bits per heavy atom. The van der Waals surface area contributed by atoms with Gasteiger partial charge in [0.1, 0.15) is 0 Å². The standard InChI is InChI=1S/C18H23FN4O2.C4H9P.2C2H6/c1-4-8-23(9-11-25-10-5-2)18-21-16(12-17(24)22(18)3)14-6-7-20-13-15(14)19;1-2-3-4-5;2*1-2/h5-7,12-13H,2,4,8-11H2,1,3H3;3-4H,2,5H2,1H3;2*1-2H3/b;4-3+;;. The first-order valence-electron chi connectivity index (χ1n) is 12.0. The van der Waals surface area contributed by atoms with Crippen molar-refractivity contribution >= 4 is 15.2 Å². The molecule has 1 atom stereocenters. The van der Waals surface area contributed by atoms with Gasteiger partial charge in [-0.2, -0.15) is 0 Å². The number of aromatic nitrogens is 3. The van der Waals surface area contributed by atoms with Gasteiger partial charge in [-0.15, -0.1) is 15.8 Å². The molecular weight excluding hydrogens is 450 g/mol. The van der Waals surface area contributed by atoms with Gasteiger partial charge in [0.25, 0.3) is 5.56 Å². The van der Waals surface area contributed by atoms with Crippen LogP contribution < -0.4 is 10.5 Å². The highest BCUT2D eigenvalue weighted by molar-refractivity contribution is 7.20. The van der Waals surface area contributed by atoms with E-state index in [1.165, 1.54) is 22.9 Å². The fourth-order valence-corrected chi connectivity index (χ4v) is 2.86. The molecule has 0 aliphatic heterocycles. The van der Waals surface area contributed by atoms with E-state index in [9.17, 15) is 9.18 Å². The summed E-state index contributed by atoms with van der Waals surface area (Å²) in [7, 11) is 4.18. The van der Waals surface area contributed by atoms with Gasteiger partial charge in [0.2, 0.25) is 5.95 Å². The zero-order chi connectivity index (χ0) is 26.4. The lowest BCUT2D eigenvalue weighted by atomic mass is 10.2. The molecule has 0 aromatic carbocycles. The minimum absolute atomic E-state index is 0.246. The Labute approximate surface area is 208 Å². The number of hydrogen-bond acceptors (Lipinski definition) is 5. The molecule has 0 aliphatic carbocycles. The van der Waals surface area contributed by atoms with Gasteiger partial charge in [0, 0.05) is 38.0 Å². The van der Waals surface area contributed by atoms with Gasteiger partial charge >= 0.3 is 0 Å². The molecule has 2 rings (SSSR count). The van der Waals surface area contributed by atoms with Crippen molar-refractivity contribution in [1.29, 1.82) is 0 Å². The van der Waals surface area contributed by atoms with E-state index in [-0.39, 0.29) is 11.1 Å². The lowest BCUT2D eigenvalue weighted by Gasteiger charge is -2.25. The minimum atomic E-state index is -0.509. The van der Waals surface area contributed by atoms with Crippen LogP contribution in [-0.4, -0.2) is 40.8 Å². The molecule has 0 spiro atoms. The van der Waals surface area contributed by atoms with Crippen LogP contribution in [0.4, 0.5) is 10.3 Å². The fraction of sp³-hybridized carbons (Fsp3) is 0.500. The molecule has 0 radical (unpaired) electrons. The van der Waals surface area contributed by atoms with Crippen LogP contribution in [0.5, 0.6) is 0 Å². The number of rotatable bonds is 10. The van der Waals surface area contributed by atoms with Crippen molar-refractivity contribution in [3.8, 4) is 11.3 Å². The van der Waals surface area contributed by atoms with E-state index < -0.39 is 5.82 Å². The lowest BCUT2D eigenvalue weighted by Crippen LogP contribution is -2.34. The lowest BCUT2D eigenvalue weighted by molar-refractivity contribution is 0.168. The van der Waals surface area contributed by atoms with Crippen molar-refractivity contribution in [3.05, 3.63) is 65.2 Å². The maximum Gasteiger partial charge on any atom is 0.255 e. The first kappa shape index (κ1) is 33.8. The Morgan fingerprint density at radius 2 is 1.91 bits per heavy atom. The smallest absolute Gasteiger partial charge is 0.255 e. The number of hydrogen-bond donors (Lipinski definition) is 0. The zero-order valence-electron chi connectivity index (χ0n) is 22.1. The predicted molar refractivity (Wildman–Crippen MR) is 148 cm³/mol. The molecule has 8 heteroatoms. The maximum absolute atomic E-state index is 14.0. The molecule has 0 saturated carbocycles. The Bertz CT molecular complexity index is 872. The van der Waals surface area contributed by atoms with Gasteiger partial charge in [-0.1, -0.05) is 59.5 Å². The number of allylic oxidation sites excluding steroid dienone is 1. The quantitative estimate of drug-likeness (QED) is 0.222. The van der Waals surface area contributed by atoms with Crippen LogP contribution in [0.3, 0.4) is 0 Å². The molecule has 0 amide bonds. The monoisotopic (exact) mass is 494 g/mol. The van der Waals surface area contributed by atoms with Crippen LogP contribution in [0, 0.1) is 5.82 Å². The van der Waals surface area contributed by atoms with Crippen molar-refractivity contribution in [1.82, 2.24) is 14.5 Å². The largest absolute Gasteiger partial charge is 0.376 e. The van der Waals surface area contributed by atoms with Crippen LogP contribution in [0.15, 0.2) is 53.9 Å². The van der Waals surface area contributed by atoms with Crippen LogP contribution in [0.1, 0.15) is 54.4 Å². The molecule has 192 valence electrons. The average molecular weight is 495 g/mol. The van der Waals surface area contributed by atoms with Gasteiger partial charge in [-0.05, 0) is 18.9 Å². The third kappa shape index (κ3) is 12.8. The summed E-state index contributed by atoms with van der Waals surface area (Å²) in [6, 6.07) is 2.85. The van der Waals surface area contributed by atoms with Crippen LogP contribution in [0.2, 0.25) is 0 Å². The van der Waals surface area contributed by atoms with Gasteiger partial charge in [0.05, 0.1) is 25.1 Å². The molecule has 2 heterocycles. The second-order valence-corrected chi connectivity index (χ2v) is 6.77. The molecule has 0 N–H and O–H groups in total. The number of anilines is 1. The van der Waals surface area contributed by atoms with Crippen LogP contribution in [0.25, 0.3) is 11.3 Å². The maximum atomic E-state index is 14.0. The Hall–Kier alpha value is -2.37. The highest BCUT2D eigenvalue weighted by atomic mass is 31.0. The Morgan fingerprint density at radius 3 is 2.41 bits per heavy atom. The molecule has 0 aliphatic rings. The van der Waals surface area contributed by atoms with Gasteiger partial charge in [-0.25, -0.2) is 9.37 Å². The van der Waals surface area contributed by atoms with Gasteiger partial charge in [-0.3, -0.25) is 14.3 Å². The van der Waals surface area contributed by atoms with E-state index in [4.69, 9.17) is 4.74 Å². The van der Waals surface area contributed by atoms with Crippen LogP contribution in [-0.2, 0) is 11.8 Å². The third-order valence-corrected chi connectivity index (χ3v) is 4.32. The SMILES string of the molecule is C=CCOCCN(CCC)c1nc(-c2ccncc2F)cc(=O)n1C.CC.CC.CC/C=C/P. The zero-order valence-corrected chi connectivity index (χ0v) is 23.2. The van der Waals surface area contributed by atoms with E-state index in [1.54, 1.807) is 13.1 Å². The molecule has 6 nitrogen and oxygen atoms in total. The summed E-state index contributed by atoms with van der Waals surface area (Å²) in [5.74, 6) is 1.95. The topological polar surface area (TPSA) is 60.2 Å². The van der Waals surface area contributed by atoms with Crippen molar-refractivity contribution in [2.75, 3.05) is 31.2 Å². The highest BCUT2D eigenvalue weighted by Gasteiger charge is 2.16. The van der Waals surface area contributed by atoms with E-state index in [0.29, 0.717) is 37.9 Å². The number of nitrogens with zero attached hydrogens (tertiary/aromatic N) is 4. The summed E-state index contributed by atoms with van der Waals surface area (Å²) in [6.45, 7) is 18.0. The van der Waals surface area contributed by atoms with Crippen LogP contribution >= 0.6 is 9.24 Å². The third-order valence-electron chi connectivity index (χ3n) is 4.05. The van der Waals surface area contributed by atoms with E-state index in [1.807, 2.05) is 45.3 Å². The van der Waals surface area contributed by atoms with E-state index in [2.05, 4.69) is 38.8 Å². The second-order valence-electron chi connectivity index (χ2n) is 6.38. The van der Waals surface area contributed by atoms with Crippen molar-refractivity contribution in [2.45, 2.75) is 54.4 Å². The molecule has 0 saturated heterocycles. The first-order chi connectivity index (χ1) is 16.5. The molecule has 1 unspecified atom stereocenters. The summed E-state index contributed by atoms with van der Waals surface area (Å²) >= 11 is 0. The molecule has 2 aromatic rings. The minimum Gasteiger partial charge on any atom is -0.376 e. The fourth-order valence-electron chi connectivity index (χ4n) is 2.59. The molecule has 2 aromatic heterocycles. The predicted octanol–water partition coefficient (Wildman–Crippen LogP) is 6.24. The van der Waals surface area contributed by atoms with Gasteiger partial charge in [0.15, 0.2) is 5.82 Å². The summed E-state index contributed by atoms with van der Waals surface area (Å²) in [6.07, 6.45) is 8.38. The Kier molecular flexibility index (Phi) is 22.3. The summed E-state index contributed by atoms with van der Waals surface area (Å²) in [5.41, 5.74) is 0.309. The van der Waals surface area contributed by atoms with E-state index >= 15 is 0 Å².